The van der Waals surface area contributed by atoms with Gasteiger partial charge in [-0.3, -0.25) is 0 Å². The number of likely N-dealkylation sites (N-methyl/N-ethyl adjacent to an activating group) is 1. The molecule has 30 heavy (non-hydrogen) atoms. The molecule has 0 saturated heterocycles. The summed E-state index contributed by atoms with van der Waals surface area (Å²) >= 11 is 2.27. The van der Waals surface area contributed by atoms with Crippen LogP contribution in [0.5, 0.6) is 11.5 Å². The zero-order valence-corrected chi connectivity index (χ0v) is 18.7. The molecule has 0 radical (unpaired) electrons. The van der Waals surface area contributed by atoms with E-state index in [2.05, 4.69) is 49.0 Å². The van der Waals surface area contributed by atoms with E-state index in [0.29, 0.717) is 29.9 Å². The maximum absolute atomic E-state index is 13.9. The number of hydrogen-bond donors (Lipinski definition) is 1. The Balaban J connectivity index is 1.68. The SMILES string of the molecule is C=CCN(C)CCCn1c(Cc2cc3c(cc2I)OCO3)nc2c(N)nc(F)nc21. The number of nitrogen functional groups attached to an aromatic ring is 1. The van der Waals surface area contributed by atoms with Gasteiger partial charge < -0.3 is 24.7 Å². The minimum Gasteiger partial charge on any atom is -0.454 e. The molecular formula is C20H22FIN6O2. The molecule has 158 valence electrons. The summed E-state index contributed by atoms with van der Waals surface area (Å²) in [5.41, 5.74) is 7.80. The molecule has 8 nitrogen and oxygen atoms in total. The lowest BCUT2D eigenvalue weighted by Crippen LogP contribution is -2.21. The molecule has 0 saturated carbocycles. The first kappa shape index (κ1) is 20.8. The van der Waals surface area contributed by atoms with Gasteiger partial charge in [0.2, 0.25) is 6.79 Å². The second kappa shape index (κ2) is 8.72. The minimum atomic E-state index is -0.853. The number of aryl methyl sites for hydroxylation is 1. The second-order valence-corrected chi connectivity index (χ2v) is 8.27. The van der Waals surface area contributed by atoms with Gasteiger partial charge in [-0.05, 0) is 60.3 Å². The van der Waals surface area contributed by atoms with Gasteiger partial charge in [0.25, 0.3) is 0 Å². The number of imidazole rings is 1. The van der Waals surface area contributed by atoms with Crippen LogP contribution in [0.2, 0.25) is 0 Å². The number of anilines is 1. The van der Waals surface area contributed by atoms with Crippen LogP contribution in [-0.2, 0) is 13.0 Å². The van der Waals surface area contributed by atoms with Gasteiger partial charge in [-0.15, -0.1) is 6.58 Å². The fourth-order valence-corrected chi connectivity index (χ4v) is 4.11. The summed E-state index contributed by atoms with van der Waals surface area (Å²) in [4.78, 5) is 14.4. The molecule has 1 aliphatic heterocycles. The van der Waals surface area contributed by atoms with Crippen LogP contribution in [0.4, 0.5) is 10.2 Å². The average molecular weight is 524 g/mol. The normalized spacial score (nSPS) is 12.8. The van der Waals surface area contributed by atoms with Gasteiger partial charge in [0.1, 0.15) is 5.82 Å². The van der Waals surface area contributed by atoms with Crippen molar-refractivity contribution in [1.82, 2.24) is 24.4 Å². The highest BCUT2D eigenvalue weighted by Crippen LogP contribution is 2.36. The van der Waals surface area contributed by atoms with Crippen LogP contribution in [0.1, 0.15) is 17.8 Å². The molecule has 0 bridgehead atoms. The first-order valence-electron chi connectivity index (χ1n) is 9.52. The number of ether oxygens (including phenoxy) is 2. The lowest BCUT2D eigenvalue weighted by atomic mass is 10.1. The van der Waals surface area contributed by atoms with Crippen LogP contribution >= 0.6 is 22.6 Å². The van der Waals surface area contributed by atoms with Crippen LogP contribution in [-0.4, -0.2) is 51.3 Å². The Kier molecular flexibility index (Phi) is 6.04. The molecule has 0 unspecified atom stereocenters. The van der Waals surface area contributed by atoms with Crippen LogP contribution in [0, 0.1) is 9.65 Å². The number of hydrogen-bond acceptors (Lipinski definition) is 7. The number of rotatable bonds is 8. The predicted molar refractivity (Wildman–Crippen MR) is 120 cm³/mol. The maximum Gasteiger partial charge on any atom is 0.312 e. The Morgan fingerprint density at radius 3 is 2.83 bits per heavy atom. The van der Waals surface area contributed by atoms with Crippen molar-refractivity contribution in [2.45, 2.75) is 19.4 Å². The molecule has 3 heterocycles. The smallest absolute Gasteiger partial charge is 0.312 e. The quantitative estimate of drug-likeness (QED) is 0.275. The third-order valence-electron chi connectivity index (χ3n) is 4.93. The number of fused-ring (bicyclic) bond motifs is 2. The Labute approximate surface area is 187 Å². The van der Waals surface area contributed by atoms with E-state index in [4.69, 9.17) is 15.2 Å². The fourth-order valence-electron chi connectivity index (χ4n) is 3.48. The molecular weight excluding hydrogens is 502 g/mol. The third kappa shape index (κ3) is 4.19. The Morgan fingerprint density at radius 2 is 2.07 bits per heavy atom. The first-order chi connectivity index (χ1) is 14.5. The van der Waals surface area contributed by atoms with E-state index in [1.165, 1.54) is 0 Å². The van der Waals surface area contributed by atoms with Crippen LogP contribution in [0.15, 0.2) is 24.8 Å². The second-order valence-electron chi connectivity index (χ2n) is 7.11. The number of aromatic nitrogens is 4. The topological polar surface area (TPSA) is 91.3 Å². The number of nitrogens with two attached hydrogens (primary N) is 1. The van der Waals surface area contributed by atoms with Gasteiger partial charge in [0.05, 0.1) is 0 Å². The van der Waals surface area contributed by atoms with Gasteiger partial charge in [0, 0.05) is 23.1 Å². The van der Waals surface area contributed by atoms with Crippen molar-refractivity contribution in [2.24, 2.45) is 0 Å². The average Bonchev–Trinajstić information content (AvgIpc) is 3.27. The highest BCUT2D eigenvalue weighted by Gasteiger charge is 2.21. The first-order valence-corrected chi connectivity index (χ1v) is 10.6. The van der Waals surface area contributed by atoms with E-state index in [9.17, 15) is 4.39 Å². The molecule has 3 aromatic rings. The van der Waals surface area contributed by atoms with Gasteiger partial charge in [-0.2, -0.15) is 14.4 Å². The molecule has 1 aromatic carbocycles. The lowest BCUT2D eigenvalue weighted by molar-refractivity contribution is 0.174. The zero-order valence-electron chi connectivity index (χ0n) is 16.6. The third-order valence-corrected chi connectivity index (χ3v) is 5.93. The van der Waals surface area contributed by atoms with Gasteiger partial charge in [-0.1, -0.05) is 6.08 Å². The minimum absolute atomic E-state index is 0.0432. The molecule has 4 rings (SSSR count). The van der Waals surface area contributed by atoms with Crippen molar-refractivity contribution in [1.29, 1.82) is 0 Å². The summed E-state index contributed by atoms with van der Waals surface area (Å²) in [5, 5.41) is 0. The van der Waals surface area contributed by atoms with Gasteiger partial charge in [0.15, 0.2) is 28.5 Å². The summed E-state index contributed by atoms with van der Waals surface area (Å²) < 4.78 is 27.8. The molecule has 0 atom stereocenters. The highest BCUT2D eigenvalue weighted by molar-refractivity contribution is 14.1. The standard InChI is InChI=1S/C20H22FIN6O2/c1-3-5-27(2)6-4-7-28-16(24-17-18(23)25-20(21)26-19(17)28)9-12-8-14-15(10-13(12)22)30-11-29-14/h3,8,10H,1,4-7,9,11H2,2H3,(H2,23,25,26). The summed E-state index contributed by atoms with van der Waals surface area (Å²) in [6.07, 6.45) is 2.37. The molecule has 2 N–H and O–H groups in total. The van der Waals surface area contributed by atoms with Crippen LogP contribution in [0.3, 0.4) is 0 Å². The van der Waals surface area contributed by atoms with E-state index in [1.807, 2.05) is 29.8 Å². The van der Waals surface area contributed by atoms with E-state index >= 15 is 0 Å². The van der Waals surface area contributed by atoms with E-state index in [0.717, 1.165) is 40.2 Å². The number of benzene rings is 1. The summed E-state index contributed by atoms with van der Waals surface area (Å²) in [5.74, 6) is 2.24. The Bertz CT molecular complexity index is 1100. The molecule has 1 aliphatic rings. The van der Waals surface area contributed by atoms with Crippen molar-refractivity contribution in [3.8, 4) is 11.5 Å². The largest absolute Gasteiger partial charge is 0.454 e. The van der Waals surface area contributed by atoms with Crippen molar-refractivity contribution in [3.63, 3.8) is 0 Å². The van der Waals surface area contributed by atoms with Gasteiger partial charge in [-0.25, -0.2) is 4.98 Å². The van der Waals surface area contributed by atoms with E-state index in [1.54, 1.807) is 0 Å². The van der Waals surface area contributed by atoms with Crippen LogP contribution < -0.4 is 15.2 Å². The molecule has 0 aliphatic carbocycles. The number of nitrogens with zero attached hydrogens (tertiary/aromatic N) is 5. The predicted octanol–water partition coefficient (Wildman–Crippen LogP) is 2.98. The van der Waals surface area contributed by atoms with E-state index in [-0.39, 0.29) is 12.6 Å². The summed E-state index contributed by atoms with van der Waals surface area (Å²) in [6.45, 7) is 6.27. The molecule has 2 aromatic heterocycles. The summed E-state index contributed by atoms with van der Waals surface area (Å²) in [7, 11) is 2.03. The highest BCUT2D eigenvalue weighted by atomic mass is 127. The van der Waals surface area contributed by atoms with Crippen molar-refractivity contribution in [2.75, 3.05) is 32.7 Å². The van der Waals surface area contributed by atoms with Crippen molar-refractivity contribution < 1.29 is 13.9 Å². The zero-order chi connectivity index (χ0) is 21.3. The van der Waals surface area contributed by atoms with Crippen molar-refractivity contribution >= 4 is 39.6 Å². The lowest BCUT2D eigenvalue weighted by Gasteiger charge is -2.15. The molecule has 10 heteroatoms. The Hall–Kier alpha value is -2.47. The van der Waals surface area contributed by atoms with Gasteiger partial charge >= 0.3 is 6.08 Å². The monoisotopic (exact) mass is 524 g/mol. The van der Waals surface area contributed by atoms with Crippen molar-refractivity contribution in [3.05, 3.63) is 45.8 Å². The number of halogens is 2. The van der Waals surface area contributed by atoms with E-state index < -0.39 is 6.08 Å². The van der Waals surface area contributed by atoms with Crippen LogP contribution in [0.25, 0.3) is 11.2 Å². The molecule has 0 amide bonds. The summed E-state index contributed by atoms with van der Waals surface area (Å²) in [6, 6.07) is 3.91. The molecule has 0 spiro atoms. The molecule has 0 fully saturated rings. The Morgan fingerprint density at radius 1 is 1.30 bits per heavy atom. The maximum atomic E-state index is 13.9. The fraction of sp³-hybridized carbons (Fsp3) is 0.350.